The van der Waals surface area contributed by atoms with Crippen LogP contribution in [0.1, 0.15) is 46.0 Å². The Balaban J connectivity index is 2.10. The van der Waals surface area contributed by atoms with Crippen LogP contribution in [-0.4, -0.2) is 35.8 Å². The smallest absolute Gasteiger partial charge is 0.243 e. The first-order chi connectivity index (χ1) is 8.06. The van der Waals surface area contributed by atoms with Crippen LogP contribution in [0.3, 0.4) is 0 Å². The van der Waals surface area contributed by atoms with Gasteiger partial charge in [0.2, 0.25) is 11.8 Å². The van der Waals surface area contributed by atoms with E-state index < -0.39 is 0 Å². The second-order valence-corrected chi connectivity index (χ2v) is 5.68. The average molecular weight is 238 g/mol. The van der Waals surface area contributed by atoms with Gasteiger partial charge in [-0.3, -0.25) is 9.59 Å². The molecule has 0 aromatic rings. The van der Waals surface area contributed by atoms with Crippen molar-refractivity contribution in [2.24, 2.45) is 5.41 Å². The fraction of sp³-hybridized carbons (Fsp3) is 0.846. The lowest BCUT2D eigenvalue weighted by Crippen LogP contribution is -2.59. The lowest BCUT2D eigenvalue weighted by atomic mass is 9.87. The lowest BCUT2D eigenvalue weighted by Gasteiger charge is -2.39. The normalized spacial score (nSPS) is 28.4. The largest absolute Gasteiger partial charge is 0.345 e. The van der Waals surface area contributed by atoms with E-state index in [1.807, 2.05) is 11.8 Å². The molecule has 1 N–H and O–H groups in total. The minimum Gasteiger partial charge on any atom is -0.345 e. The second kappa shape index (κ2) is 4.67. The van der Waals surface area contributed by atoms with Gasteiger partial charge in [0.1, 0.15) is 6.04 Å². The van der Waals surface area contributed by atoms with E-state index in [2.05, 4.69) is 12.2 Å². The molecule has 4 nitrogen and oxygen atoms in total. The Morgan fingerprint density at radius 1 is 1.35 bits per heavy atom. The van der Waals surface area contributed by atoms with Gasteiger partial charge in [-0.1, -0.05) is 26.7 Å². The molecule has 2 aliphatic rings. The van der Waals surface area contributed by atoms with Gasteiger partial charge in [-0.05, 0) is 24.7 Å². The summed E-state index contributed by atoms with van der Waals surface area (Å²) >= 11 is 0. The molecule has 0 spiro atoms. The topological polar surface area (TPSA) is 49.4 Å². The summed E-state index contributed by atoms with van der Waals surface area (Å²) in [6.07, 6.45) is 5.56. The Morgan fingerprint density at radius 3 is 2.59 bits per heavy atom. The van der Waals surface area contributed by atoms with Crippen LogP contribution >= 0.6 is 0 Å². The van der Waals surface area contributed by atoms with Crippen molar-refractivity contribution in [3.05, 3.63) is 0 Å². The molecular weight excluding hydrogens is 216 g/mol. The van der Waals surface area contributed by atoms with Gasteiger partial charge in [0, 0.05) is 6.54 Å². The third kappa shape index (κ3) is 2.45. The molecule has 0 aromatic heterocycles. The third-order valence-corrected chi connectivity index (χ3v) is 4.16. The molecule has 2 amide bonds. The van der Waals surface area contributed by atoms with E-state index in [1.54, 1.807) is 0 Å². The molecule has 1 aliphatic heterocycles. The summed E-state index contributed by atoms with van der Waals surface area (Å²) in [5.41, 5.74) is 0.223. The molecule has 2 rings (SSSR count). The van der Waals surface area contributed by atoms with Crippen LogP contribution in [0.5, 0.6) is 0 Å². The average Bonchev–Trinajstić information content (AvgIpc) is 2.71. The summed E-state index contributed by atoms with van der Waals surface area (Å²) in [7, 11) is 0. The van der Waals surface area contributed by atoms with E-state index in [0.717, 1.165) is 6.54 Å². The van der Waals surface area contributed by atoms with Crippen molar-refractivity contribution in [1.29, 1.82) is 0 Å². The molecule has 0 radical (unpaired) electrons. The van der Waals surface area contributed by atoms with Crippen LogP contribution in [0.15, 0.2) is 0 Å². The number of rotatable bonds is 3. The number of piperazine rings is 1. The van der Waals surface area contributed by atoms with Crippen molar-refractivity contribution in [3.63, 3.8) is 0 Å². The maximum absolute atomic E-state index is 12.0. The highest BCUT2D eigenvalue weighted by atomic mass is 16.2. The summed E-state index contributed by atoms with van der Waals surface area (Å²) in [4.78, 5) is 25.5. The standard InChI is InChI=1S/C13H22N2O2/c1-3-10-12(17)14-8-11(16)15(10)9-13(2)6-4-5-7-13/h10H,3-9H2,1-2H3,(H,14,17). The third-order valence-electron chi connectivity index (χ3n) is 4.16. The van der Waals surface area contributed by atoms with Crippen LogP contribution in [-0.2, 0) is 9.59 Å². The zero-order valence-electron chi connectivity index (χ0n) is 10.8. The summed E-state index contributed by atoms with van der Waals surface area (Å²) in [5, 5.41) is 2.67. The van der Waals surface area contributed by atoms with Crippen molar-refractivity contribution < 1.29 is 9.59 Å². The SMILES string of the molecule is CCC1C(=O)NCC(=O)N1CC1(C)CCCC1. The predicted molar refractivity (Wildman–Crippen MR) is 65.4 cm³/mol. The molecule has 1 saturated carbocycles. The maximum Gasteiger partial charge on any atom is 0.243 e. The zero-order chi connectivity index (χ0) is 12.5. The van der Waals surface area contributed by atoms with Crippen LogP contribution in [0, 0.1) is 5.41 Å². The molecule has 1 aliphatic carbocycles. The molecule has 0 aromatic carbocycles. The van der Waals surface area contributed by atoms with Gasteiger partial charge < -0.3 is 10.2 Å². The molecule has 1 unspecified atom stereocenters. The predicted octanol–water partition coefficient (Wildman–Crippen LogP) is 1.30. The van der Waals surface area contributed by atoms with E-state index in [-0.39, 0.29) is 29.8 Å². The summed E-state index contributed by atoms with van der Waals surface area (Å²) in [6, 6.07) is -0.256. The van der Waals surface area contributed by atoms with Gasteiger partial charge in [0.15, 0.2) is 0 Å². The number of hydrogen-bond acceptors (Lipinski definition) is 2. The molecule has 0 bridgehead atoms. The van der Waals surface area contributed by atoms with Gasteiger partial charge in [0.05, 0.1) is 6.54 Å². The van der Waals surface area contributed by atoms with Gasteiger partial charge in [0.25, 0.3) is 0 Å². The van der Waals surface area contributed by atoms with Gasteiger partial charge in [-0.2, -0.15) is 0 Å². The Hall–Kier alpha value is -1.06. The fourth-order valence-electron chi connectivity index (χ4n) is 3.10. The van der Waals surface area contributed by atoms with Gasteiger partial charge >= 0.3 is 0 Å². The van der Waals surface area contributed by atoms with Crippen LogP contribution in [0.2, 0.25) is 0 Å². The van der Waals surface area contributed by atoms with Crippen molar-refractivity contribution in [2.45, 2.75) is 52.0 Å². The highest BCUT2D eigenvalue weighted by molar-refractivity contribution is 5.94. The zero-order valence-corrected chi connectivity index (χ0v) is 10.8. The fourth-order valence-corrected chi connectivity index (χ4v) is 3.10. The summed E-state index contributed by atoms with van der Waals surface area (Å²) < 4.78 is 0. The molecule has 2 fully saturated rings. The van der Waals surface area contributed by atoms with Crippen LogP contribution in [0.25, 0.3) is 0 Å². The van der Waals surface area contributed by atoms with Crippen molar-refractivity contribution in [3.8, 4) is 0 Å². The van der Waals surface area contributed by atoms with E-state index in [0.29, 0.717) is 6.42 Å². The molecule has 96 valence electrons. The Labute approximate surface area is 103 Å². The second-order valence-electron chi connectivity index (χ2n) is 5.68. The van der Waals surface area contributed by atoms with Crippen molar-refractivity contribution in [2.75, 3.05) is 13.1 Å². The number of carbonyl (C=O) groups is 2. The Kier molecular flexibility index (Phi) is 3.40. The number of nitrogens with zero attached hydrogens (tertiary/aromatic N) is 1. The van der Waals surface area contributed by atoms with Crippen LogP contribution < -0.4 is 5.32 Å². The van der Waals surface area contributed by atoms with Crippen molar-refractivity contribution >= 4 is 11.8 Å². The molecule has 4 heteroatoms. The maximum atomic E-state index is 12.0. The quantitative estimate of drug-likeness (QED) is 0.805. The van der Waals surface area contributed by atoms with E-state index >= 15 is 0 Å². The molecule has 17 heavy (non-hydrogen) atoms. The molecule has 1 atom stereocenters. The Bertz CT molecular complexity index is 321. The monoisotopic (exact) mass is 238 g/mol. The highest BCUT2D eigenvalue weighted by Gasteiger charge is 2.39. The summed E-state index contributed by atoms with van der Waals surface area (Å²) in [5.74, 6) is 0.0817. The van der Waals surface area contributed by atoms with E-state index in [4.69, 9.17) is 0 Å². The lowest BCUT2D eigenvalue weighted by molar-refractivity contribution is -0.147. The minimum absolute atomic E-state index is 0.00805. The molecule has 1 heterocycles. The Morgan fingerprint density at radius 2 is 2.00 bits per heavy atom. The number of amides is 2. The number of carbonyl (C=O) groups excluding carboxylic acids is 2. The number of nitrogens with one attached hydrogen (secondary N) is 1. The molecular formula is C13H22N2O2. The van der Waals surface area contributed by atoms with E-state index in [1.165, 1.54) is 25.7 Å². The first kappa shape index (κ1) is 12.4. The first-order valence-electron chi connectivity index (χ1n) is 6.63. The summed E-state index contributed by atoms with van der Waals surface area (Å²) in [6.45, 7) is 5.13. The first-order valence-corrected chi connectivity index (χ1v) is 6.63. The molecule has 1 saturated heterocycles. The minimum atomic E-state index is -0.256. The highest BCUT2D eigenvalue weighted by Crippen LogP contribution is 2.38. The van der Waals surface area contributed by atoms with Crippen LogP contribution in [0.4, 0.5) is 0 Å². The van der Waals surface area contributed by atoms with Gasteiger partial charge in [-0.15, -0.1) is 0 Å². The van der Waals surface area contributed by atoms with E-state index in [9.17, 15) is 9.59 Å². The van der Waals surface area contributed by atoms with Crippen molar-refractivity contribution in [1.82, 2.24) is 10.2 Å². The van der Waals surface area contributed by atoms with Gasteiger partial charge in [-0.25, -0.2) is 0 Å². The number of hydrogen-bond donors (Lipinski definition) is 1.